The first-order valence-corrected chi connectivity index (χ1v) is 10.2. The molecule has 6 nitrogen and oxygen atoms in total. The van der Waals surface area contributed by atoms with Crippen molar-refractivity contribution in [2.24, 2.45) is 4.99 Å². The summed E-state index contributed by atoms with van der Waals surface area (Å²) < 4.78 is 0. The van der Waals surface area contributed by atoms with Gasteiger partial charge in [0.15, 0.2) is 5.96 Å². The van der Waals surface area contributed by atoms with Gasteiger partial charge in [-0.2, -0.15) is 0 Å². The Kier molecular flexibility index (Phi) is 6.71. The molecular weight excluding hydrogens is 370 g/mol. The molecule has 148 valence electrons. The number of fused-ring (bicyclic) bond motifs is 1. The summed E-state index contributed by atoms with van der Waals surface area (Å²) in [6.45, 7) is 3.67. The molecule has 1 aromatic carbocycles. The maximum Gasteiger partial charge on any atom is 0.243 e. The number of benzene rings is 1. The smallest absolute Gasteiger partial charge is 0.243 e. The minimum Gasteiger partial charge on any atom is -0.361 e. The zero-order valence-electron chi connectivity index (χ0n) is 16.6. The van der Waals surface area contributed by atoms with Crippen molar-refractivity contribution in [2.45, 2.75) is 19.9 Å². The van der Waals surface area contributed by atoms with Crippen LogP contribution in [0.1, 0.15) is 16.0 Å². The molecule has 0 radical (unpaired) electrons. The molecule has 1 amide bonds. The Morgan fingerprint density at radius 1 is 1.21 bits per heavy atom. The molecule has 0 unspecified atom stereocenters. The fourth-order valence-corrected chi connectivity index (χ4v) is 3.66. The lowest BCUT2D eigenvalue weighted by Gasteiger charge is -2.13. The predicted molar refractivity (Wildman–Crippen MR) is 117 cm³/mol. The van der Waals surface area contributed by atoms with Crippen molar-refractivity contribution in [1.29, 1.82) is 0 Å². The van der Waals surface area contributed by atoms with Crippen LogP contribution in [0.25, 0.3) is 10.9 Å². The first-order chi connectivity index (χ1) is 13.5. The van der Waals surface area contributed by atoms with E-state index in [1.54, 1.807) is 30.3 Å². The van der Waals surface area contributed by atoms with Gasteiger partial charge in [-0.25, -0.2) is 4.99 Å². The molecule has 3 rings (SSSR count). The highest BCUT2D eigenvalue weighted by Crippen LogP contribution is 2.22. The second kappa shape index (κ2) is 9.41. The van der Waals surface area contributed by atoms with E-state index in [1.807, 2.05) is 6.07 Å². The third-order valence-corrected chi connectivity index (χ3v) is 5.44. The van der Waals surface area contributed by atoms with Gasteiger partial charge in [-0.3, -0.25) is 4.79 Å². The maximum atomic E-state index is 11.9. The Hall–Kier alpha value is -2.80. The summed E-state index contributed by atoms with van der Waals surface area (Å²) in [6, 6.07) is 10.4. The van der Waals surface area contributed by atoms with Crippen LogP contribution in [0.15, 0.2) is 46.9 Å². The van der Waals surface area contributed by atoms with Crippen LogP contribution in [0.4, 0.5) is 0 Å². The van der Waals surface area contributed by atoms with Crippen molar-refractivity contribution in [2.75, 3.05) is 27.2 Å². The lowest BCUT2D eigenvalue weighted by Crippen LogP contribution is -2.39. The van der Waals surface area contributed by atoms with Gasteiger partial charge in [-0.1, -0.05) is 18.2 Å². The topological polar surface area (TPSA) is 72.5 Å². The molecule has 2 heterocycles. The average Bonchev–Trinajstić information content (AvgIpc) is 3.33. The molecule has 0 saturated heterocycles. The van der Waals surface area contributed by atoms with Crippen molar-refractivity contribution in [3.63, 3.8) is 0 Å². The second-order valence-corrected chi connectivity index (χ2v) is 7.91. The zero-order valence-corrected chi connectivity index (χ0v) is 17.4. The first-order valence-electron chi connectivity index (χ1n) is 9.35. The van der Waals surface area contributed by atoms with Crippen molar-refractivity contribution < 1.29 is 4.79 Å². The lowest BCUT2D eigenvalue weighted by molar-refractivity contribution is -0.127. The molecule has 0 aliphatic carbocycles. The number of guanidine groups is 1. The third-order valence-electron chi connectivity index (χ3n) is 4.56. The molecule has 0 atom stereocenters. The van der Waals surface area contributed by atoms with Crippen LogP contribution in [0, 0.1) is 6.92 Å². The van der Waals surface area contributed by atoms with Crippen molar-refractivity contribution in [1.82, 2.24) is 20.5 Å². The van der Waals surface area contributed by atoms with Crippen LogP contribution >= 0.6 is 11.3 Å². The maximum absolute atomic E-state index is 11.9. The standard InChI is InChI=1S/C21H27N5OS/c1-15-6-4-8-18-20(15)16(12-23-18)9-10-22-21(25-14-19(27)26(2)3)24-13-17-7-5-11-28-17/h4-8,11-12,23H,9-10,13-14H2,1-3H3,(H2,22,24,25). The van der Waals surface area contributed by atoms with Crippen LogP contribution in [0.2, 0.25) is 0 Å². The summed E-state index contributed by atoms with van der Waals surface area (Å²) in [4.78, 5) is 22.4. The molecule has 0 aliphatic heterocycles. The van der Waals surface area contributed by atoms with Gasteiger partial charge in [0.05, 0.1) is 6.54 Å². The summed E-state index contributed by atoms with van der Waals surface area (Å²) in [5.41, 5.74) is 3.72. The number of aromatic amines is 1. The number of aliphatic imine (C=N–C) groups is 1. The van der Waals surface area contributed by atoms with Gasteiger partial charge < -0.3 is 20.5 Å². The second-order valence-electron chi connectivity index (χ2n) is 6.87. The minimum atomic E-state index is -0.0236. The van der Waals surface area contributed by atoms with E-state index in [4.69, 9.17) is 0 Å². The molecule has 0 bridgehead atoms. The SMILES string of the molecule is Cc1cccc2[nH]cc(CCNC(=NCC(=O)N(C)C)NCc3cccs3)c12. The minimum absolute atomic E-state index is 0.0236. The molecule has 2 aromatic heterocycles. The number of hydrogen-bond donors (Lipinski definition) is 3. The first kappa shape index (κ1) is 19.9. The fourth-order valence-electron chi connectivity index (χ4n) is 3.01. The molecule has 3 N–H and O–H groups in total. The summed E-state index contributed by atoms with van der Waals surface area (Å²) in [6.07, 6.45) is 2.94. The quantitative estimate of drug-likeness (QED) is 0.424. The zero-order chi connectivity index (χ0) is 19.9. The molecule has 0 fully saturated rings. The van der Waals surface area contributed by atoms with E-state index in [-0.39, 0.29) is 12.5 Å². The lowest BCUT2D eigenvalue weighted by atomic mass is 10.1. The molecule has 0 saturated carbocycles. The number of carbonyl (C=O) groups is 1. The van der Waals surface area contributed by atoms with Crippen LogP contribution in [0.3, 0.4) is 0 Å². The van der Waals surface area contributed by atoms with E-state index in [9.17, 15) is 4.79 Å². The molecule has 0 aliphatic rings. The Labute approximate surface area is 169 Å². The summed E-state index contributed by atoms with van der Waals surface area (Å²) in [5.74, 6) is 0.629. The van der Waals surface area contributed by atoms with Crippen LogP contribution < -0.4 is 10.6 Å². The van der Waals surface area contributed by atoms with E-state index >= 15 is 0 Å². The van der Waals surface area contributed by atoms with Gasteiger partial charge in [0.1, 0.15) is 6.54 Å². The molecule has 7 heteroatoms. The van der Waals surface area contributed by atoms with Gasteiger partial charge in [0, 0.05) is 42.6 Å². The fraction of sp³-hybridized carbons (Fsp3) is 0.333. The third kappa shape index (κ3) is 5.13. The largest absolute Gasteiger partial charge is 0.361 e. The number of likely N-dealkylation sites (N-methyl/N-ethyl adjacent to an activating group) is 1. The van der Waals surface area contributed by atoms with E-state index < -0.39 is 0 Å². The van der Waals surface area contributed by atoms with Crippen molar-refractivity contribution in [3.8, 4) is 0 Å². The van der Waals surface area contributed by atoms with Gasteiger partial charge in [0.25, 0.3) is 0 Å². The van der Waals surface area contributed by atoms with Crippen LogP contribution in [0.5, 0.6) is 0 Å². The predicted octanol–water partition coefficient (Wildman–Crippen LogP) is 2.90. The number of amides is 1. The number of nitrogens with zero attached hydrogens (tertiary/aromatic N) is 2. The van der Waals surface area contributed by atoms with E-state index in [1.165, 1.54) is 21.4 Å². The van der Waals surface area contributed by atoms with Gasteiger partial charge in [-0.15, -0.1) is 11.3 Å². The highest BCUT2D eigenvalue weighted by Gasteiger charge is 2.08. The molecular formula is C21H27N5OS. The molecule has 0 spiro atoms. The van der Waals surface area contributed by atoms with Gasteiger partial charge in [-0.05, 0) is 42.0 Å². The molecule has 28 heavy (non-hydrogen) atoms. The number of carbonyl (C=O) groups excluding carboxylic acids is 1. The van der Waals surface area contributed by atoms with E-state index in [0.29, 0.717) is 12.5 Å². The highest BCUT2D eigenvalue weighted by atomic mass is 32.1. The van der Waals surface area contributed by atoms with E-state index in [2.05, 4.69) is 63.4 Å². The van der Waals surface area contributed by atoms with Crippen LogP contribution in [-0.4, -0.2) is 48.9 Å². The summed E-state index contributed by atoms with van der Waals surface area (Å²) in [5, 5.41) is 10.0. The number of thiophene rings is 1. The van der Waals surface area contributed by atoms with Gasteiger partial charge >= 0.3 is 0 Å². The van der Waals surface area contributed by atoms with E-state index in [0.717, 1.165) is 18.5 Å². The monoisotopic (exact) mass is 397 g/mol. The van der Waals surface area contributed by atoms with Crippen LogP contribution in [-0.2, 0) is 17.8 Å². The Morgan fingerprint density at radius 3 is 2.82 bits per heavy atom. The summed E-state index contributed by atoms with van der Waals surface area (Å²) >= 11 is 1.69. The normalized spacial score (nSPS) is 11.6. The summed E-state index contributed by atoms with van der Waals surface area (Å²) in [7, 11) is 3.48. The number of aromatic nitrogens is 1. The van der Waals surface area contributed by atoms with Gasteiger partial charge in [0.2, 0.25) is 5.91 Å². The average molecular weight is 398 g/mol. The van der Waals surface area contributed by atoms with Crippen molar-refractivity contribution in [3.05, 3.63) is 57.9 Å². The number of nitrogens with one attached hydrogen (secondary N) is 3. The number of rotatable bonds is 7. The number of aryl methyl sites for hydroxylation is 1. The highest BCUT2D eigenvalue weighted by molar-refractivity contribution is 7.09. The Morgan fingerprint density at radius 2 is 2.07 bits per heavy atom. The molecule has 3 aromatic rings. The Balaban J connectivity index is 1.62. The Bertz CT molecular complexity index is 943. The van der Waals surface area contributed by atoms with Crippen molar-refractivity contribution >= 4 is 34.1 Å². The number of hydrogen-bond acceptors (Lipinski definition) is 3. The number of H-pyrrole nitrogens is 1.